The van der Waals surface area contributed by atoms with Crippen molar-refractivity contribution in [3.05, 3.63) is 72.3 Å². The number of benzene rings is 2. The molecule has 0 atom stereocenters. The van der Waals surface area contributed by atoms with Crippen LogP contribution in [0.25, 0.3) is 0 Å². The molecular formula is C22H27N3O4S. The Morgan fingerprint density at radius 3 is 2.27 bits per heavy atom. The van der Waals surface area contributed by atoms with Gasteiger partial charge >= 0.3 is 0 Å². The number of nitrogens with zero attached hydrogens (tertiary/aromatic N) is 1. The molecule has 0 fully saturated rings. The molecule has 0 radical (unpaired) electrons. The predicted molar refractivity (Wildman–Crippen MR) is 120 cm³/mol. The molecule has 2 rings (SSSR count). The van der Waals surface area contributed by atoms with Gasteiger partial charge in [0.15, 0.2) is 0 Å². The first-order chi connectivity index (χ1) is 14.1. The molecule has 0 bridgehead atoms. The zero-order valence-corrected chi connectivity index (χ0v) is 18.2. The summed E-state index contributed by atoms with van der Waals surface area (Å²) in [6.07, 6.45) is 2.60. The van der Waals surface area contributed by atoms with Crippen molar-refractivity contribution in [2.45, 2.75) is 13.8 Å². The van der Waals surface area contributed by atoms with Gasteiger partial charge < -0.3 is 10.6 Å². The molecule has 0 aliphatic heterocycles. The van der Waals surface area contributed by atoms with E-state index < -0.39 is 15.9 Å². The van der Waals surface area contributed by atoms with Gasteiger partial charge in [0.25, 0.3) is 11.8 Å². The van der Waals surface area contributed by atoms with E-state index in [-0.39, 0.29) is 12.5 Å². The lowest BCUT2D eigenvalue weighted by Gasteiger charge is -2.20. The summed E-state index contributed by atoms with van der Waals surface area (Å²) in [5.41, 5.74) is 1.54. The van der Waals surface area contributed by atoms with Crippen LogP contribution in [0.5, 0.6) is 0 Å². The van der Waals surface area contributed by atoms with E-state index >= 15 is 0 Å². The maximum Gasteiger partial charge on any atom is 0.255 e. The van der Waals surface area contributed by atoms with Crippen LogP contribution in [0.3, 0.4) is 0 Å². The molecule has 2 N–H and O–H groups in total. The molecule has 0 aliphatic rings. The summed E-state index contributed by atoms with van der Waals surface area (Å²) in [6, 6.07) is 13.0. The fraction of sp³-hybridized carbons (Fsp3) is 0.273. The molecule has 0 saturated carbocycles. The monoisotopic (exact) mass is 429 g/mol. The lowest BCUT2D eigenvalue weighted by Crippen LogP contribution is -2.30. The summed E-state index contributed by atoms with van der Waals surface area (Å²) >= 11 is 0. The second-order valence-corrected chi connectivity index (χ2v) is 9.14. The van der Waals surface area contributed by atoms with E-state index in [0.29, 0.717) is 35.0 Å². The van der Waals surface area contributed by atoms with Gasteiger partial charge in [-0.05, 0) is 42.3 Å². The minimum absolute atomic E-state index is 0.128. The van der Waals surface area contributed by atoms with Crippen molar-refractivity contribution in [2.75, 3.05) is 29.0 Å². The highest BCUT2D eigenvalue weighted by molar-refractivity contribution is 7.92. The third-order valence-electron chi connectivity index (χ3n) is 4.20. The molecule has 30 heavy (non-hydrogen) atoms. The average Bonchev–Trinajstić information content (AvgIpc) is 2.70. The first-order valence-electron chi connectivity index (χ1n) is 9.50. The first kappa shape index (κ1) is 23.2. The van der Waals surface area contributed by atoms with Crippen LogP contribution in [0.15, 0.2) is 61.2 Å². The summed E-state index contributed by atoms with van der Waals surface area (Å²) in [5, 5.41) is 5.59. The van der Waals surface area contributed by atoms with Crippen molar-refractivity contribution in [1.82, 2.24) is 5.32 Å². The number of rotatable bonds is 9. The molecule has 0 unspecified atom stereocenters. The number of nitrogens with one attached hydrogen (secondary N) is 2. The molecule has 0 saturated heterocycles. The van der Waals surface area contributed by atoms with E-state index in [1.54, 1.807) is 36.4 Å². The van der Waals surface area contributed by atoms with Crippen LogP contribution in [0, 0.1) is 5.92 Å². The Hall–Kier alpha value is -3.13. The molecule has 2 amide bonds. The maximum absolute atomic E-state index is 12.7. The Labute approximate surface area is 177 Å². The maximum atomic E-state index is 12.7. The van der Waals surface area contributed by atoms with Crippen molar-refractivity contribution >= 4 is 33.2 Å². The van der Waals surface area contributed by atoms with E-state index in [1.807, 2.05) is 13.8 Å². The van der Waals surface area contributed by atoms with E-state index in [1.165, 1.54) is 22.5 Å². The van der Waals surface area contributed by atoms with Gasteiger partial charge in [-0.2, -0.15) is 0 Å². The number of carbonyl (C=O) groups is 2. The minimum atomic E-state index is -3.47. The zero-order chi connectivity index (χ0) is 22.3. The Balaban J connectivity index is 2.19. The highest BCUT2D eigenvalue weighted by Gasteiger charge is 2.17. The van der Waals surface area contributed by atoms with E-state index in [9.17, 15) is 18.0 Å². The summed E-state index contributed by atoms with van der Waals surface area (Å²) in [5.74, 6) is -0.356. The van der Waals surface area contributed by atoms with Crippen LogP contribution in [-0.2, 0) is 10.0 Å². The normalized spacial score (nSPS) is 11.1. The van der Waals surface area contributed by atoms with Crippen molar-refractivity contribution < 1.29 is 18.0 Å². The Morgan fingerprint density at radius 1 is 1.07 bits per heavy atom. The van der Waals surface area contributed by atoms with Crippen molar-refractivity contribution in [3.8, 4) is 0 Å². The van der Waals surface area contributed by atoms with Gasteiger partial charge in [-0.3, -0.25) is 13.9 Å². The van der Waals surface area contributed by atoms with Gasteiger partial charge in [-0.25, -0.2) is 8.42 Å². The third kappa shape index (κ3) is 6.18. The van der Waals surface area contributed by atoms with Crippen LogP contribution < -0.4 is 14.9 Å². The van der Waals surface area contributed by atoms with Crippen molar-refractivity contribution in [1.29, 1.82) is 0 Å². The fourth-order valence-electron chi connectivity index (χ4n) is 2.71. The lowest BCUT2D eigenvalue weighted by atomic mass is 10.1. The first-order valence-corrected chi connectivity index (χ1v) is 11.4. The molecule has 0 spiro atoms. The van der Waals surface area contributed by atoms with Crippen LogP contribution in [0.1, 0.15) is 34.6 Å². The molecule has 2 aromatic carbocycles. The van der Waals surface area contributed by atoms with Gasteiger partial charge in [0.1, 0.15) is 0 Å². The summed E-state index contributed by atoms with van der Waals surface area (Å²) in [4.78, 5) is 25.1. The largest absolute Gasteiger partial charge is 0.352 e. The van der Waals surface area contributed by atoms with E-state index in [2.05, 4.69) is 17.2 Å². The van der Waals surface area contributed by atoms with Gasteiger partial charge in [0.2, 0.25) is 10.0 Å². The molecular weight excluding hydrogens is 402 g/mol. The van der Waals surface area contributed by atoms with Crippen LogP contribution in [0.2, 0.25) is 0 Å². The van der Waals surface area contributed by atoms with Crippen LogP contribution >= 0.6 is 0 Å². The lowest BCUT2D eigenvalue weighted by molar-refractivity contribution is 0.0950. The topological polar surface area (TPSA) is 95.6 Å². The molecule has 0 aliphatic carbocycles. The number of para-hydroxylation sites is 1. The second kappa shape index (κ2) is 10.1. The highest BCUT2D eigenvalue weighted by Crippen LogP contribution is 2.20. The molecule has 160 valence electrons. The molecule has 2 aromatic rings. The van der Waals surface area contributed by atoms with Gasteiger partial charge in [0.05, 0.1) is 29.7 Å². The summed E-state index contributed by atoms with van der Waals surface area (Å²) in [6.45, 7) is 8.23. The molecule has 0 aromatic heterocycles. The standard InChI is InChI=1S/C22H27N3O4S/c1-5-14-25(30(4,28)29)18-12-10-17(11-13-18)21(26)24-20-9-7-6-8-19(20)22(27)23-15-16(2)3/h5-13,16H,1,14-15H2,2-4H3,(H,23,27)(H,24,26). The SMILES string of the molecule is C=CCN(c1ccc(C(=O)Nc2ccccc2C(=O)NCC(C)C)cc1)S(C)(=O)=O. The number of sulfonamides is 1. The Bertz CT molecular complexity index is 1010. The third-order valence-corrected chi connectivity index (χ3v) is 5.36. The van der Waals surface area contributed by atoms with E-state index in [0.717, 1.165) is 6.26 Å². The van der Waals surface area contributed by atoms with E-state index in [4.69, 9.17) is 0 Å². The predicted octanol–water partition coefficient (Wildman–Crippen LogP) is 3.28. The van der Waals surface area contributed by atoms with Crippen molar-refractivity contribution in [3.63, 3.8) is 0 Å². The highest BCUT2D eigenvalue weighted by atomic mass is 32.2. The van der Waals surface area contributed by atoms with Gasteiger partial charge in [-0.1, -0.05) is 32.1 Å². The molecule has 8 heteroatoms. The zero-order valence-electron chi connectivity index (χ0n) is 17.4. The Kier molecular flexibility index (Phi) is 7.77. The van der Waals surface area contributed by atoms with Crippen LogP contribution in [-0.4, -0.2) is 39.6 Å². The number of hydrogen-bond donors (Lipinski definition) is 2. The summed E-state index contributed by atoms with van der Waals surface area (Å²) in [7, 11) is -3.47. The fourth-order valence-corrected chi connectivity index (χ4v) is 3.59. The number of amides is 2. The quantitative estimate of drug-likeness (QED) is 0.598. The number of hydrogen-bond acceptors (Lipinski definition) is 4. The Morgan fingerprint density at radius 2 is 1.70 bits per heavy atom. The van der Waals surface area contributed by atoms with Crippen molar-refractivity contribution in [2.24, 2.45) is 5.92 Å². The second-order valence-electron chi connectivity index (χ2n) is 7.23. The van der Waals surface area contributed by atoms with Gasteiger partial charge in [-0.15, -0.1) is 6.58 Å². The molecule has 0 heterocycles. The number of carbonyl (C=O) groups excluding carboxylic acids is 2. The molecule has 7 nitrogen and oxygen atoms in total. The minimum Gasteiger partial charge on any atom is -0.352 e. The smallest absolute Gasteiger partial charge is 0.255 e. The average molecular weight is 430 g/mol. The summed E-state index contributed by atoms with van der Waals surface area (Å²) < 4.78 is 25.1. The number of anilines is 2. The van der Waals surface area contributed by atoms with Gasteiger partial charge in [0, 0.05) is 12.1 Å². The van der Waals surface area contributed by atoms with Crippen LogP contribution in [0.4, 0.5) is 11.4 Å².